The third-order valence-electron chi connectivity index (χ3n) is 5.79. The van der Waals surface area contributed by atoms with Gasteiger partial charge in [-0.15, -0.1) is 10.2 Å². The van der Waals surface area contributed by atoms with Crippen molar-refractivity contribution in [3.05, 3.63) is 58.8 Å². The Labute approximate surface area is 175 Å². The van der Waals surface area contributed by atoms with Crippen LogP contribution in [0.25, 0.3) is 27.7 Å². The minimum absolute atomic E-state index is 0.0378. The predicted octanol–water partition coefficient (Wildman–Crippen LogP) is 5.91. The quantitative estimate of drug-likeness (QED) is 0.390. The number of hydrogen-bond donors (Lipinski definition) is 2. The van der Waals surface area contributed by atoms with Crippen molar-refractivity contribution in [2.45, 2.75) is 39.7 Å². The maximum Gasteiger partial charge on any atom is 0.266 e. The first-order valence-electron chi connectivity index (χ1n) is 9.73. The lowest BCUT2D eigenvalue weighted by atomic mass is 9.91. The Balaban J connectivity index is 1.93. The summed E-state index contributed by atoms with van der Waals surface area (Å²) in [5.41, 5.74) is -0.212. The molecule has 160 valence electrons. The van der Waals surface area contributed by atoms with E-state index >= 15 is 4.39 Å². The summed E-state index contributed by atoms with van der Waals surface area (Å²) in [6.07, 6.45) is -1.40. The first-order chi connectivity index (χ1) is 14.6. The minimum Gasteiger partial charge on any atom is -0.371 e. The normalized spacial score (nSPS) is 14.6. The van der Waals surface area contributed by atoms with Crippen LogP contribution >= 0.6 is 0 Å². The molecule has 1 aliphatic heterocycles. The molecule has 0 unspecified atom stereocenters. The third kappa shape index (κ3) is 2.68. The maximum absolute atomic E-state index is 15.5. The minimum atomic E-state index is -3.04. The number of aromatic nitrogens is 4. The number of aryl methyl sites for hydroxylation is 2. The first kappa shape index (κ1) is 19.6. The van der Waals surface area contributed by atoms with E-state index in [1.54, 1.807) is 20.0 Å². The Morgan fingerprint density at radius 1 is 1.06 bits per heavy atom. The fourth-order valence-electron chi connectivity index (χ4n) is 4.44. The van der Waals surface area contributed by atoms with Gasteiger partial charge in [-0.25, -0.2) is 17.6 Å². The fraction of sp³-hybridized carbons (Fsp3) is 0.273. The van der Waals surface area contributed by atoms with Gasteiger partial charge in [-0.3, -0.25) is 4.57 Å². The summed E-state index contributed by atoms with van der Waals surface area (Å²) in [6.45, 7) is 7.02. The van der Waals surface area contributed by atoms with E-state index in [1.807, 2.05) is 13.8 Å². The molecule has 2 N–H and O–H groups in total. The number of nitrogens with zero attached hydrogens (tertiary/aromatic N) is 3. The standard InChI is InChI=1S/C22H19F4N5/c1-9-8-27-18-12(9)5-11(23)6-13(18)16-14(24)7-15-19(17(16)20(25)26)31-10(2)29-30-21(31)22(3,4)28-15/h5-8,20,27-28H,1-4H3. The summed E-state index contributed by atoms with van der Waals surface area (Å²) < 4.78 is 60.5. The van der Waals surface area contributed by atoms with E-state index in [0.717, 1.165) is 11.6 Å². The van der Waals surface area contributed by atoms with Gasteiger partial charge < -0.3 is 10.3 Å². The first-order valence-corrected chi connectivity index (χ1v) is 9.73. The highest BCUT2D eigenvalue weighted by atomic mass is 19.3. The Morgan fingerprint density at radius 2 is 1.81 bits per heavy atom. The van der Waals surface area contributed by atoms with Gasteiger partial charge in [0.25, 0.3) is 6.43 Å². The van der Waals surface area contributed by atoms with E-state index in [1.165, 1.54) is 16.7 Å². The fourth-order valence-corrected chi connectivity index (χ4v) is 4.44. The summed E-state index contributed by atoms with van der Waals surface area (Å²) in [6, 6.07) is 3.55. The van der Waals surface area contributed by atoms with E-state index in [4.69, 9.17) is 0 Å². The molecule has 0 radical (unpaired) electrons. The number of benzene rings is 2. The second-order valence-corrected chi connectivity index (χ2v) is 8.35. The monoisotopic (exact) mass is 429 g/mol. The average molecular weight is 429 g/mol. The molecule has 2 aromatic carbocycles. The molecule has 4 aromatic rings. The van der Waals surface area contributed by atoms with Gasteiger partial charge >= 0.3 is 0 Å². The molecule has 0 atom stereocenters. The largest absolute Gasteiger partial charge is 0.371 e. The topological polar surface area (TPSA) is 58.5 Å². The summed E-state index contributed by atoms with van der Waals surface area (Å²) in [7, 11) is 0. The van der Waals surface area contributed by atoms with Crippen LogP contribution < -0.4 is 5.32 Å². The van der Waals surface area contributed by atoms with Gasteiger partial charge in [0.15, 0.2) is 5.82 Å². The number of fused-ring (bicyclic) bond motifs is 4. The summed E-state index contributed by atoms with van der Waals surface area (Å²) in [4.78, 5) is 2.97. The zero-order valence-electron chi connectivity index (χ0n) is 17.2. The number of nitrogens with one attached hydrogen (secondary N) is 2. The van der Waals surface area contributed by atoms with Crippen molar-refractivity contribution < 1.29 is 17.6 Å². The van der Waals surface area contributed by atoms with Crippen LogP contribution in [-0.2, 0) is 5.54 Å². The molecule has 0 saturated heterocycles. The molecule has 5 nitrogen and oxygen atoms in total. The van der Waals surface area contributed by atoms with Crippen molar-refractivity contribution in [1.29, 1.82) is 0 Å². The van der Waals surface area contributed by atoms with Gasteiger partial charge in [0.05, 0.1) is 28.0 Å². The molecule has 0 amide bonds. The number of aromatic amines is 1. The molecule has 0 aliphatic carbocycles. The predicted molar refractivity (Wildman–Crippen MR) is 110 cm³/mol. The molecule has 0 fully saturated rings. The van der Waals surface area contributed by atoms with E-state index in [-0.39, 0.29) is 22.5 Å². The van der Waals surface area contributed by atoms with E-state index in [2.05, 4.69) is 20.5 Å². The maximum atomic E-state index is 15.5. The number of halogens is 4. The van der Waals surface area contributed by atoms with Crippen molar-refractivity contribution in [2.24, 2.45) is 0 Å². The van der Waals surface area contributed by atoms with E-state index in [9.17, 15) is 13.2 Å². The molecule has 3 heterocycles. The van der Waals surface area contributed by atoms with E-state index in [0.29, 0.717) is 22.6 Å². The molecular formula is C22H19F4N5. The van der Waals surface area contributed by atoms with Gasteiger partial charge in [0, 0.05) is 22.7 Å². The molecule has 5 rings (SSSR count). The van der Waals surface area contributed by atoms with E-state index < -0.39 is 29.2 Å². The van der Waals surface area contributed by atoms with Gasteiger partial charge in [-0.2, -0.15) is 0 Å². The molecule has 2 aromatic heterocycles. The van der Waals surface area contributed by atoms with Gasteiger partial charge in [0.1, 0.15) is 17.5 Å². The molecule has 0 bridgehead atoms. The van der Waals surface area contributed by atoms with Gasteiger partial charge in [-0.05, 0) is 51.5 Å². The zero-order chi connectivity index (χ0) is 22.2. The van der Waals surface area contributed by atoms with Crippen LogP contribution in [0.4, 0.5) is 23.2 Å². The lowest BCUT2D eigenvalue weighted by Gasteiger charge is -2.35. The Bertz CT molecular complexity index is 1370. The van der Waals surface area contributed by atoms with Crippen LogP contribution in [0.2, 0.25) is 0 Å². The van der Waals surface area contributed by atoms with Crippen LogP contribution in [0.1, 0.15) is 43.0 Å². The Morgan fingerprint density at radius 3 is 2.52 bits per heavy atom. The van der Waals surface area contributed by atoms with Crippen LogP contribution in [0.5, 0.6) is 0 Å². The summed E-state index contributed by atoms with van der Waals surface area (Å²) >= 11 is 0. The second-order valence-electron chi connectivity index (χ2n) is 8.35. The van der Waals surface area contributed by atoms with Gasteiger partial charge in [-0.1, -0.05) is 0 Å². The SMILES string of the molecule is Cc1c[nH]c2c(-c3c(F)cc4c(c3C(F)F)-n3c(C)nnc3C(C)(C)N4)cc(F)cc12. The molecule has 31 heavy (non-hydrogen) atoms. The van der Waals surface area contributed by atoms with Crippen molar-refractivity contribution in [1.82, 2.24) is 19.7 Å². The van der Waals surface area contributed by atoms with Crippen molar-refractivity contribution in [3.8, 4) is 16.8 Å². The van der Waals surface area contributed by atoms with Crippen LogP contribution in [-0.4, -0.2) is 19.7 Å². The summed E-state index contributed by atoms with van der Waals surface area (Å²) in [5.74, 6) is -0.684. The Hall–Kier alpha value is -3.36. The average Bonchev–Trinajstić information content (AvgIpc) is 3.24. The highest BCUT2D eigenvalue weighted by Crippen LogP contribution is 2.47. The lowest BCUT2D eigenvalue weighted by molar-refractivity contribution is 0.151. The number of hydrogen-bond acceptors (Lipinski definition) is 3. The van der Waals surface area contributed by atoms with Crippen molar-refractivity contribution >= 4 is 16.6 Å². The smallest absolute Gasteiger partial charge is 0.266 e. The lowest BCUT2D eigenvalue weighted by Crippen LogP contribution is -2.36. The van der Waals surface area contributed by atoms with Crippen molar-refractivity contribution in [3.63, 3.8) is 0 Å². The van der Waals surface area contributed by atoms with Crippen LogP contribution in [0.15, 0.2) is 24.4 Å². The van der Waals surface area contributed by atoms with Crippen LogP contribution in [0.3, 0.4) is 0 Å². The highest BCUT2D eigenvalue weighted by Gasteiger charge is 2.39. The van der Waals surface area contributed by atoms with Gasteiger partial charge in [0.2, 0.25) is 0 Å². The third-order valence-corrected chi connectivity index (χ3v) is 5.79. The molecule has 9 heteroatoms. The number of H-pyrrole nitrogens is 1. The molecule has 1 aliphatic rings. The zero-order valence-corrected chi connectivity index (χ0v) is 17.2. The number of anilines is 1. The highest BCUT2D eigenvalue weighted by molar-refractivity contribution is 5.98. The molecule has 0 spiro atoms. The second kappa shape index (κ2) is 6.32. The van der Waals surface area contributed by atoms with Crippen LogP contribution in [0, 0.1) is 25.5 Å². The molecule has 0 saturated carbocycles. The Kier molecular flexibility index (Phi) is 3.99. The van der Waals surface area contributed by atoms with Crippen molar-refractivity contribution in [2.75, 3.05) is 5.32 Å². The number of rotatable bonds is 2. The molecular weight excluding hydrogens is 410 g/mol. The number of alkyl halides is 2. The summed E-state index contributed by atoms with van der Waals surface area (Å²) in [5, 5.41) is 11.8.